The van der Waals surface area contributed by atoms with E-state index in [0.29, 0.717) is 18.9 Å². The summed E-state index contributed by atoms with van der Waals surface area (Å²) in [6.07, 6.45) is 3.95. The van der Waals surface area contributed by atoms with Crippen molar-refractivity contribution < 1.29 is 5.11 Å². The maximum atomic E-state index is 9.76. The molecule has 0 amide bonds. The Morgan fingerprint density at radius 2 is 2.04 bits per heavy atom. The Labute approximate surface area is 153 Å². The van der Waals surface area contributed by atoms with Gasteiger partial charge in [-0.2, -0.15) is 0 Å². The largest absolute Gasteiger partial charge is 0.391 e. The normalized spacial score (nSPS) is 17.9. The van der Waals surface area contributed by atoms with Crippen molar-refractivity contribution in [3.8, 4) is 0 Å². The number of nitrogens with one attached hydrogen (secondary N) is 2. The smallest absolute Gasteiger partial charge is 0.222 e. The van der Waals surface area contributed by atoms with Crippen LogP contribution in [-0.4, -0.2) is 40.8 Å². The monoisotopic (exact) mass is 360 g/mol. The first-order valence-corrected chi connectivity index (χ1v) is 9.24. The Bertz CT molecular complexity index is 703. The molecule has 0 radical (unpaired) electrons. The summed E-state index contributed by atoms with van der Waals surface area (Å²) in [6.45, 7) is 4.24. The second kappa shape index (κ2) is 8.13. The van der Waals surface area contributed by atoms with Crippen LogP contribution in [0.2, 0.25) is 5.02 Å². The zero-order chi connectivity index (χ0) is 17.7. The lowest BCUT2D eigenvalue weighted by atomic mass is 9.70. The molecule has 0 aliphatic carbocycles. The van der Waals surface area contributed by atoms with Crippen LogP contribution in [0.4, 0.5) is 5.95 Å². The van der Waals surface area contributed by atoms with Gasteiger partial charge in [-0.05, 0) is 50.0 Å². The number of nitrogens with zero attached hydrogens (tertiary/aromatic N) is 2. The van der Waals surface area contributed by atoms with Crippen molar-refractivity contribution >= 4 is 17.5 Å². The van der Waals surface area contributed by atoms with E-state index in [0.717, 1.165) is 42.2 Å². The van der Waals surface area contributed by atoms with Crippen LogP contribution in [0.3, 0.4) is 0 Å². The third-order valence-corrected chi connectivity index (χ3v) is 5.29. The van der Waals surface area contributed by atoms with Gasteiger partial charge >= 0.3 is 0 Å². The Morgan fingerprint density at radius 3 is 2.76 bits per heavy atom. The molecule has 1 aromatic carbocycles. The Morgan fingerprint density at radius 1 is 1.28 bits per heavy atom. The molecule has 2 aromatic rings. The van der Waals surface area contributed by atoms with Crippen molar-refractivity contribution in [2.45, 2.75) is 37.7 Å². The van der Waals surface area contributed by atoms with Gasteiger partial charge in [-0.3, -0.25) is 0 Å². The van der Waals surface area contributed by atoms with E-state index in [1.165, 1.54) is 0 Å². The van der Waals surface area contributed by atoms with Gasteiger partial charge in [0.25, 0.3) is 0 Å². The first-order valence-electron chi connectivity index (χ1n) is 8.87. The molecule has 1 aliphatic rings. The summed E-state index contributed by atoms with van der Waals surface area (Å²) < 4.78 is 0. The van der Waals surface area contributed by atoms with Crippen LogP contribution in [-0.2, 0) is 5.41 Å². The van der Waals surface area contributed by atoms with Gasteiger partial charge in [0, 0.05) is 23.2 Å². The SMILES string of the molecule is CCC(O)CNc1nccc(C2(c3ccccc3Cl)CCNCC2)n1. The standard InChI is InChI=1S/C19H25ClN4O/c1-2-14(25)13-23-18-22-10-7-17(24-18)19(8-11-21-12-9-19)15-5-3-4-6-16(15)20/h3-7,10,14,21,25H,2,8-9,11-13H2,1H3,(H,22,23,24). The number of piperidine rings is 1. The third-order valence-electron chi connectivity index (χ3n) is 4.96. The van der Waals surface area contributed by atoms with Gasteiger partial charge < -0.3 is 15.7 Å². The molecule has 3 N–H and O–H groups in total. The molecular weight excluding hydrogens is 336 g/mol. The lowest BCUT2D eigenvalue weighted by molar-refractivity contribution is 0.183. The number of hydrogen-bond acceptors (Lipinski definition) is 5. The lowest BCUT2D eigenvalue weighted by Crippen LogP contribution is -2.41. The molecule has 0 spiro atoms. The number of aliphatic hydroxyl groups excluding tert-OH is 1. The summed E-state index contributed by atoms with van der Waals surface area (Å²) >= 11 is 6.55. The fourth-order valence-electron chi connectivity index (χ4n) is 3.43. The molecule has 6 heteroatoms. The van der Waals surface area contributed by atoms with Crippen molar-refractivity contribution in [3.05, 3.63) is 52.8 Å². The number of rotatable bonds is 6. The van der Waals surface area contributed by atoms with E-state index in [1.807, 2.05) is 31.2 Å². The van der Waals surface area contributed by atoms with Gasteiger partial charge in [0.1, 0.15) is 0 Å². The Hall–Kier alpha value is -1.69. The molecule has 5 nitrogen and oxygen atoms in total. The molecule has 3 rings (SSSR count). The molecule has 1 aromatic heterocycles. The number of benzene rings is 1. The Balaban J connectivity index is 1.96. The van der Waals surface area contributed by atoms with Gasteiger partial charge in [-0.15, -0.1) is 0 Å². The van der Waals surface area contributed by atoms with Gasteiger partial charge in [0.05, 0.1) is 11.8 Å². The fourth-order valence-corrected chi connectivity index (χ4v) is 3.75. The zero-order valence-electron chi connectivity index (χ0n) is 14.5. The van der Waals surface area contributed by atoms with Gasteiger partial charge in [-0.1, -0.05) is 36.7 Å². The number of aliphatic hydroxyl groups is 1. The first-order chi connectivity index (χ1) is 12.2. The Kier molecular flexibility index (Phi) is 5.89. The number of halogens is 1. The van der Waals surface area contributed by atoms with Crippen molar-refractivity contribution in [1.82, 2.24) is 15.3 Å². The quantitative estimate of drug-likeness (QED) is 0.738. The third kappa shape index (κ3) is 3.94. The van der Waals surface area contributed by atoms with Gasteiger partial charge in [0.2, 0.25) is 5.95 Å². The summed E-state index contributed by atoms with van der Waals surface area (Å²) in [5.74, 6) is 0.551. The minimum absolute atomic E-state index is 0.216. The van der Waals surface area contributed by atoms with E-state index in [9.17, 15) is 5.11 Å². The molecule has 134 valence electrons. The first kappa shape index (κ1) is 18.1. The summed E-state index contributed by atoms with van der Waals surface area (Å²) in [4.78, 5) is 9.08. The molecule has 1 fully saturated rings. The minimum atomic E-state index is -0.399. The summed E-state index contributed by atoms with van der Waals surface area (Å²) in [5, 5.41) is 17.1. The van der Waals surface area contributed by atoms with E-state index >= 15 is 0 Å². The van der Waals surface area contributed by atoms with E-state index in [1.54, 1.807) is 6.20 Å². The van der Waals surface area contributed by atoms with Crippen LogP contribution in [0.1, 0.15) is 37.4 Å². The van der Waals surface area contributed by atoms with Crippen LogP contribution < -0.4 is 10.6 Å². The second-order valence-corrected chi connectivity index (χ2v) is 6.93. The minimum Gasteiger partial charge on any atom is -0.391 e. The highest BCUT2D eigenvalue weighted by Crippen LogP contribution is 2.42. The van der Waals surface area contributed by atoms with Gasteiger partial charge in [0.15, 0.2) is 0 Å². The van der Waals surface area contributed by atoms with E-state index in [-0.39, 0.29) is 5.41 Å². The molecule has 1 atom stereocenters. The lowest BCUT2D eigenvalue weighted by Gasteiger charge is -2.38. The highest BCUT2D eigenvalue weighted by Gasteiger charge is 2.38. The number of aromatic nitrogens is 2. The number of hydrogen-bond donors (Lipinski definition) is 3. The summed E-state index contributed by atoms with van der Waals surface area (Å²) in [6, 6.07) is 10.0. The zero-order valence-corrected chi connectivity index (χ0v) is 15.3. The molecule has 0 saturated carbocycles. The fraction of sp³-hybridized carbons (Fsp3) is 0.474. The van der Waals surface area contributed by atoms with Crippen molar-refractivity contribution in [2.24, 2.45) is 0 Å². The van der Waals surface area contributed by atoms with Crippen LogP contribution in [0, 0.1) is 0 Å². The maximum Gasteiger partial charge on any atom is 0.222 e. The van der Waals surface area contributed by atoms with Crippen molar-refractivity contribution in [2.75, 3.05) is 25.0 Å². The van der Waals surface area contributed by atoms with E-state index in [4.69, 9.17) is 16.6 Å². The maximum absolute atomic E-state index is 9.76. The second-order valence-electron chi connectivity index (χ2n) is 6.52. The average Bonchev–Trinajstić information content (AvgIpc) is 2.67. The number of anilines is 1. The predicted octanol–water partition coefficient (Wildman–Crippen LogP) is 2.98. The molecule has 25 heavy (non-hydrogen) atoms. The van der Waals surface area contributed by atoms with E-state index < -0.39 is 6.10 Å². The molecule has 1 saturated heterocycles. The molecule has 1 unspecified atom stereocenters. The topological polar surface area (TPSA) is 70.1 Å². The van der Waals surface area contributed by atoms with Crippen molar-refractivity contribution in [1.29, 1.82) is 0 Å². The molecular formula is C19H25ClN4O. The highest BCUT2D eigenvalue weighted by atomic mass is 35.5. The summed E-state index contributed by atoms with van der Waals surface area (Å²) in [7, 11) is 0. The van der Waals surface area contributed by atoms with E-state index in [2.05, 4.69) is 21.7 Å². The highest BCUT2D eigenvalue weighted by molar-refractivity contribution is 6.31. The van der Waals surface area contributed by atoms with Crippen molar-refractivity contribution in [3.63, 3.8) is 0 Å². The van der Waals surface area contributed by atoms with Crippen LogP contribution in [0.5, 0.6) is 0 Å². The van der Waals surface area contributed by atoms with Crippen LogP contribution in [0.25, 0.3) is 0 Å². The van der Waals surface area contributed by atoms with Crippen LogP contribution >= 0.6 is 11.6 Å². The predicted molar refractivity (Wildman–Crippen MR) is 101 cm³/mol. The summed E-state index contributed by atoms with van der Waals surface area (Å²) in [5.41, 5.74) is 1.88. The van der Waals surface area contributed by atoms with Crippen LogP contribution in [0.15, 0.2) is 36.5 Å². The molecule has 2 heterocycles. The van der Waals surface area contributed by atoms with Gasteiger partial charge in [-0.25, -0.2) is 9.97 Å². The average molecular weight is 361 g/mol. The molecule has 1 aliphatic heterocycles. The molecule has 0 bridgehead atoms.